The number of carbonyl (C=O) groups excluding carboxylic acids is 3. The van der Waals surface area contributed by atoms with Gasteiger partial charge in [0.25, 0.3) is 0 Å². The first-order chi connectivity index (χ1) is 17.4. The van der Waals surface area contributed by atoms with Gasteiger partial charge in [-0.2, -0.15) is 0 Å². The Morgan fingerprint density at radius 2 is 1.73 bits per heavy atom. The molecule has 0 spiro atoms. The van der Waals surface area contributed by atoms with Gasteiger partial charge in [0, 0.05) is 44.7 Å². The molecule has 2 saturated heterocycles. The Morgan fingerprint density at radius 1 is 1.11 bits per heavy atom. The Bertz CT molecular complexity index is 1020. The van der Waals surface area contributed by atoms with Gasteiger partial charge in [0.15, 0.2) is 0 Å². The molecule has 0 radical (unpaired) electrons. The molecule has 2 fully saturated rings. The lowest BCUT2D eigenvalue weighted by Gasteiger charge is -2.38. The zero-order valence-corrected chi connectivity index (χ0v) is 23.5. The van der Waals surface area contributed by atoms with Crippen molar-refractivity contribution in [1.82, 2.24) is 15.1 Å². The number of ether oxygens (including phenoxy) is 2. The molecule has 204 valence electrons. The highest BCUT2D eigenvalue weighted by atomic mass is 35.5. The molecule has 3 rings (SSSR count). The molecule has 2 aliphatic rings. The molecule has 0 aliphatic carbocycles. The van der Waals surface area contributed by atoms with Crippen molar-refractivity contribution in [2.75, 3.05) is 32.8 Å². The lowest BCUT2D eigenvalue weighted by molar-refractivity contribution is -0.137. The average molecular weight is 555 g/mol. The Morgan fingerprint density at radius 3 is 2.32 bits per heavy atom. The van der Waals surface area contributed by atoms with Crippen LogP contribution in [0.5, 0.6) is 5.75 Å². The van der Waals surface area contributed by atoms with E-state index in [0.717, 1.165) is 5.56 Å². The van der Waals surface area contributed by atoms with Crippen molar-refractivity contribution < 1.29 is 23.9 Å². The minimum absolute atomic E-state index is 0.0603. The number of hydrogen-bond acceptors (Lipinski definition) is 5. The molecule has 8 nitrogen and oxygen atoms in total. The number of carbonyl (C=O) groups is 3. The van der Waals surface area contributed by atoms with Gasteiger partial charge in [-0.1, -0.05) is 35.9 Å². The van der Waals surface area contributed by atoms with Crippen molar-refractivity contribution in [3.63, 3.8) is 0 Å². The van der Waals surface area contributed by atoms with Crippen molar-refractivity contribution in [3.05, 3.63) is 40.4 Å². The highest BCUT2D eigenvalue weighted by molar-refractivity contribution is 6.42. The highest BCUT2D eigenvalue weighted by Gasteiger charge is 2.38. The van der Waals surface area contributed by atoms with Gasteiger partial charge in [-0.05, 0) is 52.0 Å². The van der Waals surface area contributed by atoms with Crippen LogP contribution in [0.15, 0.2) is 24.8 Å². The normalized spacial score (nSPS) is 19.4. The zero-order valence-electron chi connectivity index (χ0n) is 22.0. The van der Waals surface area contributed by atoms with Gasteiger partial charge >= 0.3 is 6.09 Å². The Labute approximate surface area is 229 Å². The topological polar surface area (TPSA) is 88.2 Å². The number of hydrogen-bond donors (Lipinski definition) is 1. The van der Waals surface area contributed by atoms with Crippen LogP contribution in [0.3, 0.4) is 0 Å². The van der Waals surface area contributed by atoms with Crippen LogP contribution in [-0.4, -0.2) is 66.1 Å². The molecule has 1 aromatic rings. The molecule has 0 bridgehead atoms. The van der Waals surface area contributed by atoms with Crippen LogP contribution in [0.2, 0.25) is 10.0 Å². The average Bonchev–Trinajstić information content (AvgIpc) is 3.32. The monoisotopic (exact) mass is 553 g/mol. The Kier molecular flexibility index (Phi) is 9.75. The molecule has 0 saturated carbocycles. The zero-order chi connectivity index (χ0) is 27.3. The molecule has 1 N–H and O–H groups in total. The van der Waals surface area contributed by atoms with Crippen LogP contribution in [-0.2, 0) is 14.3 Å². The fourth-order valence-corrected chi connectivity index (χ4v) is 5.22. The molecule has 2 atom stereocenters. The van der Waals surface area contributed by atoms with Crippen molar-refractivity contribution in [2.24, 2.45) is 11.8 Å². The number of nitrogens with zero attached hydrogens (tertiary/aromatic N) is 2. The maximum atomic E-state index is 13.2. The van der Waals surface area contributed by atoms with Crippen LogP contribution in [0.1, 0.15) is 58.6 Å². The first kappa shape index (κ1) is 29.1. The molecule has 0 aromatic heterocycles. The number of rotatable bonds is 7. The van der Waals surface area contributed by atoms with Crippen LogP contribution in [0, 0.1) is 11.8 Å². The van der Waals surface area contributed by atoms with E-state index in [2.05, 4.69) is 11.9 Å². The third-order valence-electron chi connectivity index (χ3n) is 6.62. The van der Waals surface area contributed by atoms with E-state index in [9.17, 15) is 14.4 Å². The maximum absolute atomic E-state index is 13.2. The SMILES string of the molecule is C=CCOc1cc(Cl)c(Cl)cc1C(NC(C)=O)C1CCN(C(=O)[C@@H]2CCN(C(=O)OC(C)(C)C)C2)CC1. The number of nitrogens with one attached hydrogen (secondary N) is 1. The third-order valence-corrected chi connectivity index (χ3v) is 7.34. The summed E-state index contributed by atoms with van der Waals surface area (Å²) in [6.45, 7) is 12.9. The summed E-state index contributed by atoms with van der Waals surface area (Å²) in [6, 6.07) is 3.05. The Balaban J connectivity index is 1.67. The Hall–Kier alpha value is -2.45. The van der Waals surface area contributed by atoms with Crippen LogP contribution >= 0.6 is 23.2 Å². The van der Waals surface area contributed by atoms with Crippen molar-refractivity contribution >= 4 is 41.1 Å². The minimum atomic E-state index is -0.573. The standard InChI is InChI=1S/C27H37Cl2N3O5/c1-6-13-36-23-15-22(29)21(28)14-20(23)24(30-17(2)33)18-7-10-31(11-8-18)25(34)19-9-12-32(16-19)26(35)37-27(3,4)5/h6,14-15,18-19,24H,1,7-13,16H2,2-5H3,(H,30,33)/t19-,24?/m1/s1. The minimum Gasteiger partial charge on any atom is -0.489 e. The summed E-state index contributed by atoms with van der Waals surface area (Å²) in [5, 5.41) is 3.80. The number of benzene rings is 1. The summed E-state index contributed by atoms with van der Waals surface area (Å²) in [4.78, 5) is 41.3. The highest BCUT2D eigenvalue weighted by Crippen LogP contribution is 2.40. The van der Waals surface area contributed by atoms with E-state index in [1.807, 2.05) is 25.7 Å². The van der Waals surface area contributed by atoms with Crippen molar-refractivity contribution in [1.29, 1.82) is 0 Å². The number of piperidine rings is 1. The molecule has 10 heteroatoms. The lowest BCUT2D eigenvalue weighted by atomic mass is 9.84. The molecule has 3 amide bonds. The van der Waals surface area contributed by atoms with Gasteiger partial charge in [-0.3, -0.25) is 9.59 Å². The van der Waals surface area contributed by atoms with E-state index < -0.39 is 5.60 Å². The van der Waals surface area contributed by atoms with Crippen LogP contribution < -0.4 is 10.1 Å². The number of amides is 3. The number of halogens is 2. The lowest BCUT2D eigenvalue weighted by Crippen LogP contribution is -2.45. The second-order valence-electron chi connectivity index (χ2n) is 10.7. The van der Waals surface area contributed by atoms with E-state index in [-0.39, 0.29) is 42.4 Å². The molecule has 37 heavy (non-hydrogen) atoms. The largest absolute Gasteiger partial charge is 0.489 e. The number of likely N-dealkylation sites (tertiary alicyclic amines) is 2. The van der Waals surface area contributed by atoms with Crippen molar-refractivity contribution in [3.8, 4) is 5.75 Å². The summed E-state index contributed by atoms with van der Waals surface area (Å²) in [6.07, 6.45) is 3.27. The predicted molar refractivity (Wildman–Crippen MR) is 144 cm³/mol. The van der Waals surface area contributed by atoms with E-state index in [4.69, 9.17) is 32.7 Å². The molecular formula is C27H37Cl2N3O5. The predicted octanol–water partition coefficient (Wildman–Crippen LogP) is 5.23. The molecule has 2 aliphatic heterocycles. The third kappa shape index (κ3) is 7.77. The summed E-state index contributed by atoms with van der Waals surface area (Å²) >= 11 is 12.6. The summed E-state index contributed by atoms with van der Waals surface area (Å²) in [5.74, 6) is 0.268. The second-order valence-corrected chi connectivity index (χ2v) is 11.5. The first-order valence-corrected chi connectivity index (χ1v) is 13.4. The summed E-state index contributed by atoms with van der Waals surface area (Å²) in [5.41, 5.74) is 0.177. The molecular weight excluding hydrogens is 517 g/mol. The fraction of sp³-hybridized carbons (Fsp3) is 0.593. The van der Waals surface area contributed by atoms with Crippen molar-refractivity contribution in [2.45, 2.75) is 58.6 Å². The van der Waals surface area contributed by atoms with Gasteiger partial charge in [-0.25, -0.2) is 4.79 Å². The molecule has 2 heterocycles. The van der Waals surface area contributed by atoms with Gasteiger partial charge in [-0.15, -0.1) is 0 Å². The van der Waals surface area contributed by atoms with E-state index >= 15 is 0 Å². The quantitative estimate of drug-likeness (QED) is 0.467. The van der Waals surface area contributed by atoms with E-state index in [1.54, 1.807) is 23.1 Å². The van der Waals surface area contributed by atoms with Gasteiger partial charge in [0.2, 0.25) is 11.8 Å². The first-order valence-electron chi connectivity index (χ1n) is 12.7. The van der Waals surface area contributed by atoms with Gasteiger partial charge < -0.3 is 24.6 Å². The summed E-state index contributed by atoms with van der Waals surface area (Å²) < 4.78 is 11.3. The maximum Gasteiger partial charge on any atom is 0.410 e. The van der Waals surface area contributed by atoms with Gasteiger partial charge in [0.05, 0.1) is 22.0 Å². The second kappa shape index (κ2) is 12.4. The fourth-order valence-electron chi connectivity index (χ4n) is 4.89. The van der Waals surface area contributed by atoms with Gasteiger partial charge in [0.1, 0.15) is 18.0 Å². The molecule has 1 aromatic carbocycles. The van der Waals surface area contributed by atoms with E-state index in [1.165, 1.54) is 6.92 Å². The molecule has 1 unspecified atom stereocenters. The van der Waals surface area contributed by atoms with Crippen LogP contribution in [0.25, 0.3) is 0 Å². The summed E-state index contributed by atoms with van der Waals surface area (Å²) in [7, 11) is 0. The van der Waals surface area contributed by atoms with E-state index in [0.29, 0.717) is 61.2 Å². The smallest absolute Gasteiger partial charge is 0.410 e. The van der Waals surface area contributed by atoms with Crippen LogP contribution in [0.4, 0.5) is 4.79 Å².